The zero-order chi connectivity index (χ0) is 34.7. The summed E-state index contributed by atoms with van der Waals surface area (Å²) in [5.41, 5.74) is -0.257. The summed E-state index contributed by atoms with van der Waals surface area (Å²) in [4.78, 5) is 61.1. The van der Waals surface area contributed by atoms with E-state index in [1.165, 1.54) is 30.9 Å². The summed E-state index contributed by atoms with van der Waals surface area (Å²) in [6, 6.07) is 13.3. The molecule has 0 aliphatic carbocycles. The minimum atomic E-state index is -0.588. The standard InChI is InChI=1S/C18H14N4O4.C8H10N4O2.C5H4O2.CH4/c1-20-16(11-15-5-3-9-26-15)18(24)22-7-6-21-17(23)13(12-19)10-14-4-2-8-25-14;1-10-6-8(14)12-5-4-11-7(13)2-3-9;6-4-5-2-1-3-7-5;/h2-5,8-11H,6-7H2,(H,21,23)(H,22,24);2,4-6H2,(H,11,13)(H,12,14);1-4H;1H4/b13-10+,16-11-;;;. The summed E-state index contributed by atoms with van der Waals surface area (Å²) in [5, 5.41) is 27.0. The van der Waals surface area contributed by atoms with Gasteiger partial charge in [0, 0.05) is 32.3 Å². The molecule has 3 heterocycles. The fourth-order valence-electron chi connectivity index (χ4n) is 2.88. The molecule has 16 heteroatoms. The first-order chi connectivity index (χ1) is 22.8. The fraction of sp³-hybridized carbons (Fsp3) is 0.219. The topological polar surface area (TPSA) is 229 Å². The average Bonchev–Trinajstić information content (AvgIpc) is 3.88. The number of hydrogen-bond acceptors (Lipinski definition) is 10. The molecule has 3 rings (SSSR count). The Morgan fingerprint density at radius 2 is 1.25 bits per heavy atom. The van der Waals surface area contributed by atoms with Gasteiger partial charge in [-0.25, -0.2) is 11.4 Å². The van der Waals surface area contributed by atoms with Crippen LogP contribution in [0.2, 0.25) is 0 Å². The van der Waals surface area contributed by atoms with E-state index in [0.717, 1.165) is 0 Å². The lowest BCUT2D eigenvalue weighted by atomic mass is 10.2. The Balaban J connectivity index is 0.000000837. The molecule has 0 aromatic carbocycles. The van der Waals surface area contributed by atoms with Gasteiger partial charge in [-0.1, -0.05) is 7.43 Å². The summed E-state index contributed by atoms with van der Waals surface area (Å²) in [7, 11) is 0. The molecule has 0 spiro atoms. The number of amides is 4. The lowest BCUT2D eigenvalue weighted by molar-refractivity contribution is -0.121. The van der Waals surface area contributed by atoms with Crippen molar-refractivity contribution in [3.63, 3.8) is 0 Å². The van der Waals surface area contributed by atoms with Gasteiger partial charge in [-0.2, -0.15) is 10.5 Å². The minimum absolute atomic E-state index is 0. The maximum atomic E-state index is 11.9. The molecule has 0 fully saturated rings. The van der Waals surface area contributed by atoms with E-state index in [2.05, 4.69) is 35.4 Å². The number of furan rings is 3. The number of hydrogen-bond donors (Lipinski definition) is 4. The Kier molecular flexibility index (Phi) is 21.4. The van der Waals surface area contributed by atoms with Crippen LogP contribution in [0, 0.1) is 35.8 Å². The smallest absolute Gasteiger partial charge is 0.300 e. The number of nitriles is 2. The Morgan fingerprint density at radius 3 is 1.69 bits per heavy atom. The van der Waals surface area contributed by atoms with Gasteiger partial charge in [0.05, 0.1) is 31.4 Å². The Morgan fingerprint density at radius 1 is 0.750 bits per heavy atom. The number of aldehydes is 1. The predicted molar refractivity (Wildman–Crippen MR) is 170 cm³/mol. The van der Waals surface area contributed by atoms with Crippen LogP contribution in [-0.4, -0.2) is 62.6 Å². The van der Waals surface area contributed by atoms with Gasteiger partial charge in [0.25, 0.3) is 24.1 Å². The summed E-state index contributed by atoms with van der Waals surface area (Å²) in [5.74, 6) is -0.760. The number of carbonyl (C=O) groups excluding carboxylic acids is 5. The molecule has 0 aliphatic rings. The molecule has 248 valence electrons. The van der Waals surface area contributed by atoms with Gasteiger partial charge in [-0.15, -0.1) is 0 Å². The minimum Gasteiger partial charge on any atom is -0.466 e. The first-order valence-electron chi connectivity index (χ1n) is 13.3. The first kappa shape index (κ1) is 40.8. The van der Waals surface area contributed by atoms with Crippen LogP contribution in [0.5, 0.6) is 0 Å². The lowest BCUT2D eigenvalue weighted by Gasteiger charge is -2.06. The second-order valence-corrected chi connectivity index (χ2v) is 8.34. The van der Waals surface area contributed by atoms with Crippen LogP contribution in [0.15, 0.2) is 79.7 Å². The summed E-state index contributed by atoms with van der Waals surface area (Å²) in [6.07, 6.45) is 7.45. The van der Waals surface area contributed by atoms with Crippen LogP contribution in [-0.2, 0) is 19.2 Å². The van der Waals surface area contributed by atoms with E-state index in [-0.39, 0.29) is 69.7 Å². The number of nitrogens with one attached hydrogen (secondary N) is 4. The summed E-state index contributed by atoms with van der Waals surface area (Å²) < 4.78 is 14.7. The zero-order valence-corrected chi connectivity index (χ0v) is 24.7. The summed E-state index contributed by atoms with van der Waals surface area (Å²) >= 11 is 0. The molecule has 0 unspecified atom stereocenters. The molecule has 0 bridgehead atoms. The van der Waals surface area contributed by atoms with Crippen molar-refractivity contribution in [2.45, 2.75) is 13.8 Å². The van der Waals surface area contributed by atoms with Gasteiger partial charge in [0.2, 0.25) is 11.8 Å². The van der Waals surface area contributed by atoms with Crippen molar-refractivity contribution in [1.82, 2.24) is 21.3 Å². The van der Waals surface area contributed by atoms with Crippen molar-refractivity contribution in [2.24, 2.45) is 0 Å². The zero-order valence-electron chi connectivity index (χ0n) is 24.7. The van der Waals surface area contributed by atoms with E-state index in [9.17, 15) is 24.0 Å². The van der Waals surface area contributed by atoms with Crippen molar-refractivity contribution in [2.75, 3.05) is 32.7 Å². The molecule has 0 radical (unpaired) electrons. The van der Waals surface area contributed by atoms with Crippen molar-refractivity contribution in [3.05, 3.63) is 107 Å². The van der Waals surface area contributed by atoms with Gasteiger partial charge in [-0.3, -0.25) is 24.0 Å². The van der Waals surface area contributed by atoms with E-state index in [1.807, 2.05) is 0 Å². The van der Waals surface area contributed by atoms with Crippen LogP contribution in [0.4, 0.5) is 0 Å². The molecule has 3 aromatic rings. The van der Waals surface area contributed by atoms with Gasteiger partial charge < -0.3 is 39.4 Å². The maximum absolute atomic E-state index is 11.9. The van der Waals surface area contributed by atoms with Crippen molar-refractivity contribution < 1.29 is 37.2 Å². The first-order valence-corrected chi connectivity index (χ1v) is 13.3. The Labute approximate surface area is 276 Å². The normalized spacial score (nSPS) is 9.75. The highest BCUT2D eigenvalue weighted by molar-refractivity contribution is 6.01. The molecule has 0 saturated heterocycles. The molecule has 0 aliphatic heterocycles. The Hall–Kier alpha value is -7.17. The molecule has 48 heavy (non-hydrogen) atoms. The third-order valence-electron chi connectivity index (χ3n) is 4.96. The van der Waals surface area contributed by atoms with Crippen LogP contribution < -0.4 is 21.3 Å². The lowest BCUT2D eigenvalue weighted by Crippen LogP contribution is -2.35. The summed E-state index contributed by atoms with van der Waals surface area (Å²) in [6.45, 7) is 14.0. The molecule has 16 nitrogen and oxygen atoms in total. The number of rotatable bonds is 13. The number of carbonyl (C=O) groups is 5. The quantitative estimate of drug-likeness (QED) is 0.0691. The van der Waals surface area contributed by atoms with Crippen molar-refractivity contribution in [3.8, 4) is 12.1 Å². The number of nitrogens with zero attached hydrogens (tertiary/aromatic N) is 4. The highest BCUT2D eigenvalue weighted by atomic mass is 16.3. The highest BCUT2D eigenvalue weighted by Gasteiger charge is 2.12. The van der Waals surface area contributed by atoms with E-state index in [0.29, 0.717) is 23.6 Å². The maximum Gasteiger partial charge on any atom is 0.300 e. The van der Waals surface area contributed by atoms with E-state index < -0.39 is 11.8 Å². The Bertz CT molecular complexity index is 1560. The van der Waals surface area contributed by atoms with Gasteiger partial charge in [0.15, 0.2) is 12.0 Å². The monoisotopic (exact) mass is 656 g/mol. The van der Waals surface area contributed by atoms with Crippen molar-refractivity contribution in [1.29, 1.82) is 10.5 Å². The van der Waals surface area contributed by atoms with Crippen molar-refractivity contribution >= 4 is 42.1 Å². The van der Waals surface area contributed by atoms with E-state index in [4.69, 9.17) is 32.5 Å². The molecular weight excluding hydrogens is 624 g/mol. The second kappa shape index (κ2) is 25.2. The average molecular weight is 657 g/mol. The highest BCUT2D eigenvalue weighted by Crippen LogP contribution is 2.09. The van der Waals surface area contributed by atoms with Crippen LogP contribution >= 0.6 is 0 Å². The SMILES string of the molecule is C.O=Cc1ccco1.[C-]#[N+]/C(=C\c1ccco1)C(=O)NCCNC(=O)/C(C#N)=C/c1ccco1.[C-]#[N+]CC(=O)NCCNC(=O)CC#N. The largest absolute Gasteiger partial charge is 0.466 e. The third kappa shape index (κ3) is 17.8. The van der Waals surface area contributed by atoms with Crippen LogP contribution in [0.1, 0.15) is 35.9 Å². The van der Waals surface area contributed by atoms with Gasteiger partial charge in [-0.05, 0) is 42.5 Å². The van der Waals surface area contributed by atoms with E-state index >= 15 is 0 Å². The fourth-order valence-corrected chi connectivity index (χ4v) is 2.88. The van der Waals surface area contributed by atoms with E-state index in [1.54, 1.807) is 48.5 Å². The van der Waals surface area contributed by atoms with Crippen LogP contribution in [0.3, 0.4) is 0 Å². The van der Waals surface area contributed by atoms with Crippen LogP contribution in [0.25, 0.3) is 21.8 Å². The third-order valence-corrected chi connectivity index (χ3v) is 4.96. The molecule has 4 amide bonds. The molecular formula is C32H32N8O8. The van der Waals surface area contributed by atoms with Gasteiger partial charge in [0.1, 0.15) is 29.6 Å². The predicted octanol–water partition coefficient (Wildman–Crippen LogP) is 2.75. The second-order valence-electron chi connectivity index (χ2n) is 8.34. The molecule has 3 aromatic heterocycles. The van der Waals surface area contributed by atoms with Gasteiger partial charge >= 0.3 is 0 Å². The molecule has 0 atom stereocenters. The molecule has 4 N–H and O–H groups in total. The molecule has 0 saturated carbocycles.